The van der Waals surface area contributed by atoms with Crippen molar-refractivity contribution in [2.75, 3.05) is 0 Å². The van der Waals surface area contributed by atoms with Gasteiger partial charge in [-0.05, 0) is 18.2 Å². The van der Waals surface area contributed by atoms with Crippen LogP contribution in [-0.4, -0.2) is 10.1 Å². The van der Waals surface area contributed by atoms with Crippen molar-refractivity contribution in [3.8, 4) is 11.3 Å². The van der Waals surface area contributed by atoms with Gasteiger partial charge in [0.05, 0.1) is 27.9 Å². The number of aromatic nitrogens is 1. The first-order chi connectivity index (χ1) is 9.74. The number of aliphatic hydroxyl groups is 1. The third kappa shape index (κ3) is 3.43. The molecule has 8 heteroatoms. The van der Waals surface area contributed by atoms with Crippen LogP contribution in [-0.2, 0) is 12.8 Å². The Bertz CT molecular complexity index is 689. The summed E-state index contributed by atoms with van der Waals surface area (Å²) in [5.41, 5.74) is -0.628. The normalized spacial score (nSPS) is 11.8. The molecule has 0 aliphatic heterocycles. The molecule has 0 radical (unpaired) electrons. The van der Waals surface area contributed by atoms with Crippen LogP contribution in [0, 0.1) is 0 Å². The van der Waals surface area contributed by atoms with Crippen LogP contribution in [0.25, 0.3) is 11.3 Å². The molecule has 0 bridgehead atoms. The van der Waals surface area contributed by atoms with Crippen LogP contribution >= 0.6 is 34.8 Å². The second kappa shape index (κ2) is 6.01. The summed E-state index contributed by atoms with van der Waals surface area (Å²) in [6.45, 7) is -0.632. The Kier molecular flexibility index (Phi) is 4.68. The van der Waals surface area contributed by atoms with Crippen molar-refractivity contribution in [3.05, 3.63) is 50.6 Å². The maximum Gasteiger partial charge on any atom is 0.417 e. The monoisotopic (exact) mass is 355 g/mol. The Balaban J connectivity index is 2.65. The van der Waals surface area contributed by atoms with E-state index in [9.17, 15) is 18.3 Å². The zero-order chi connectivity index (χ0) is 15.8. The van der Waals surface area contributed by atoms with Crippen LogP contribution in [0.1, 0.15) is 11.1 Å². The predicted molar refractivity (Wildman–Crippen MR) is 75.6 cm³/mol. The average Bonchev–Trinajstić information content (AvgIpc) is 2.41. The fraction of sp³-hybridized carbons (Fsp3) is 0.154. The second-order valence-corrected chi connectivity index (χ2v) is 5.36. The van der Waals surface area contributed by atoms with E-state index in [0.29, 0.717) is 6.20 Å². The second-order valence-electron chi connectivity index (χ2n) is 4.14. The number of hydrogen-bond donors (Lipinski definition) is 1. The van der Waals surface area contributed by atoms with Crippen LogP contribution < -0.4 is 0 Å². The number of pyridine rings is 1. The van der Waals surface area contributed by atoms with Crippen LogP contribution in [0.3, 0.4) is 0 Å². The molecule has 2 nitrogen and oxygen atoms in total. The van der Waals surface area contributed by atoms with Crippen LogP contribution in [0.4, 0.5) is 13.2 Å². The molecule has 2 rings (SSSR count). The number of halogens is 6. The highest BCUT2D eigenvalue weighted by Gasteiger charge is 2.32. The van der Waals surface area contributed by atoms with E-state index in [0.717, 1.165) is 6.07 Å². The van der Waals surface area contributed by atoms with Crippen molar-refractivity contribution < 1.29 is 18.3 Å². The van der Waals surface area contributed by atoms with Gasteiger partial charge in [-0.1, -0.05) is 34.8 Å². The molecule has 112 valence electrons. The lowest BCUT2D eigenvalue weighted by Gasteiger charge is -2.13. The molecule has 21 heavy (non-hydrogen) atoms. The van der Waals surface area contributed by atoms with Gasteiger partial charge in [0.25, 0.3) is 0 Å². The van der Waals surface area contributed by atoms with E-state index in [1.165, 1.54) is 12.1 Å². The average molecular weight is 357 g/mol. The molecular weight excluding hydrogens is 350 g/mol. The lowest BCUT2D eigenvalue weighted by molar-refractivity contribution is -0.137. The SMILES string of the molecule is OCc1cc(C(F)(F)F)cnc1-c1cc(Cl)cc(Cl)c1Cl. The molecule has 0 aliphatic carbocycles. The Morgan fingerprint density at radius 1 is 1.10 bits per heavy atom. The summed E-state index contributed by atoms with van der Waals surface area (Å²) in [5.74, 6) is 0. The highest BCUT2D eigenvalue weighted by molar-refractivity contribution is 6.45. The molecule has 0 unspecified atom stereocenters. The maximum atomic E-state index is 12.7. The molecule has 0 amide bonds. The first kappa shape index (κ1) is 16.4. The van der Waals surface area contributed by atoms with Gasteiger partial charge < -0.3 is 5.11 Å². The molecule has 0 aliphatic rings. The smallest absolute Gasteiger partial charge is 0.392 e. The highest BCUT2D eigenvalue weighted by atomic mass is 35.5. The van der Waals surface area contributed by atoms with Crippen molar-refractivity contribution >= 4 is 34.8 Å². The predicted octanol–water partition coefficient (Wildman–Crippen LogP) is 5.22. The largest absolute Gasteiger partial charge is 0.417 e. The molecule has 0 atom stereocenters. The number of nitrogens with zero attached hydrogens (tertiary/aromatic N) is 1. The molecular formula is C13H7Cl3F3NO. The Hall–Kier alpha value is -1.01. The Labute approximate surface area is 133 Å². The molecule has 1 N–H and O–H groups in total. The molecule has 1 heterocycles. The lowest BCUT2D eigenvalue weighted by atomic mass is 10.0. The summed E-state index contributed by atoms with van der Waals surface area (Å²) in [4.78, 5) is 3.75. The van der Waals surface area contributed by atoms with Crippen molar-refractivity contribution in [1.29, 1.82) is 0 Å². The fourth-order valence-electron chi connectivity index (χ4n) is 1.76. The summed E-state index contributed by atoms with van der Waals surface area (Å²) < 4.78 is 38.0. The summed E-state index contributed by atoms with van der Waals surface area (Å²) in [5, 5.41) is 9.78. The minimum Gasteiger partial charge on any atom is -0.392 e. The van der Waals surface area contributed by atoms with E-state index in [2.05, 4.69) is 4.98 Å². The Morgan fingerprint density at radius 2 is 1.76 bits per heavy atom. The van der Waals surface area contributed by atoms with Crippen molar-refractivity contribution in [1.82, 2.24) is 4.98 Å². The summed E-state index contributed by atoms with van der Waals surface area (Å²) in [6.07, 6.45) is -3.88. The van der Waals surface area contributed by atoms with Gasteiger partial charge in [0.1, 0.15) is 0 Å². The zero-order valence-corrected chi connectivity index (χ0v) is 12.4. The molecule has 2 aromatic rings. The van der Waals surface area contributed by atoms with Crippen molar-refractivity contribution in [2.24, 2.45) is 0 Å². The standard InChI is InChI=1S/C13H7Cl3F3NO/c14-8-2-9(11(16)10(15)3-8)12-6(5-21)1-7(4-20-12)13(17,18)19/h1-4,21H,5H2. The molecule has 1 aromatic carbocycles. The minimum atomic E-state index is -4.55. The zero-order valence-electron chi connectivity index (χ0n) is 10.2. The van der Waals surface area contributed by atoms with E-state index in [1.807, 2.05) is 0 Å². The van der Waals surface area contributed by atoms with Crippen molar-refractivity contribution in [3.63, 3.8) is 0 Å². The van der Waals surface area contributed by atoms with Gasteiger partial charge in [0, 0.05) is 22.3 Å². The van der Waals surface area contributed by atoms with E-state index in [1.54, 1.807) is 0 Å². The van der Waals surface area contributed by atoms with E-state index >= 15 is 0 Å². The van der Waals surface area contributed by atoms with Gasteiger partial charge in [-0.15, -0.1) is 0 Å². The highest BCUT2D eigenvalue weighted by Crippen LogP contribution is 2.38. The summed E-state index contributed by atoms with van der Waals surface area (Å²) >= 11 is 17.8. The van der Waals surface area contributed by atoms with Gasteiger partial charge in [-0.3, -0.25) is 4.98 Å². The van der Waals surface area contributed by atoms with Crippen LogP contribution in [0.5, 0.6) is 0 Å². The first-order valence-electron chi connectivity index (χ1n) is 5.56. The number of hydrogen-bond acceptors (Lipinski definition) is 2. The van der Waals surface area contributed by atoms with Gasteiger partial charge in [0.2, 0.25) is 0 Å². The lowest BCUT2D eigenvalue weighted by Crippen LogP contribution is -2.07. The molecule has 0 fully saturated rings. The topological polar surface area (TPSA) is 33.1 Å². The quantitative estimate of drug-likeness (QED) is 0.748. The third-order valence-electron chi connectivity index (χ3n) is 2.71. The van der Waals surface area contributed by atoms with Crippen molar-refractivity contribution in [2.45, 2.75) is 12.8 Å². The summed E-state index contributed by atoms with van der Waals surface area (Å²) in [7, 11) is 0. The van der Waals surface area contributed by atoms with Crippen LogP contribution in [0.2, 0.25) is 15.1 Å². The van der Waals surface area contributed by atoms with E-state index < -0.39 is 18.3 Å². The Morgan fingerprint density at radius 3 is 2.33 bits per heavy atom. The molecule has 0 saturated heterocycles. The number of alkyl halides is 3. The maximum absolute atomic E-state index is 12.7. The van der Waals surface area contributed by atoms with Gasteiger partial charge >= 0.3 is 6.18 Å². The third-order valence-corrected chi connectivity index (χ3v) is 3.73. The first-order valence-corrected chi connectivity index (χ1v) is 6.69. The number of rotatable bonds is 2. The molecule has 0 spiro atoms. The number of benzene rings is 1. The van der Waals surface area contributed by atoms with Gasteiger partial charge in [0.15, 0.2) is 0 Å². The number of aliphatic hydroxyl groups excluding tert-OH is 1. The van der Waals surface area contributed by atoms with Crippen LogP contribution in [0.15, 0.2) is 24.4 Å². The van der Waals surface area contributed by atoms with E-state index in [-0.39, 0.29) is 31.9 Å². The van der Waals surface area contributed by atoms with E-state index in [4.69, 9.17) is 34.8 Å². The van der Waals surface area contributed by atoms with Gasteiger partial charge in [-0.2, -0.15) is 13.2 Å². The molecule has 0 saturated carbocycles. The summed E-state index contributed by atoms with van der Waals surface area (Å²) in [6, 6.07) is 3.63. The minimum absolute atomic E-state index is 0.0231. The fourth-order valence-corrected chi connectivity index (χ4v) is 2.45. The van der Waals surface area contributed by atoms with Gasteiger partial charge in [-0.25, -0.2) is 0 Å². The molecule has 1 aromatic heterocycles.